The highest BCUT2D eigenvalue weighted by Gasteiger charge is 2.14. The molecule has 0 aliphatic carbocycles. The number of carboxylic acid groups (broad SMARTS) is 1. The van der Waals surface area contributed by atoms with Crippen LogP contribution in [0.3, 0.4) is 0 Å². The van der Waals surface area contributed by atoms with Gasteiger partial charge in [0, 0.05) is 5.56 Å². The molecule has 0 unspecified atom stereocenters. The van der Waals surface area contributed by atoms with E-state index < -0.39 is 11.9 Å². The van der Waals surface area contributed by atoms with Crippen molar-refractivity contribution >= 4 is 18.0 Å². The first-order chi connectivity index (χ1) is 10.5. The van der Waals surface area contributed by atoms with Crippen molar-refractivity contribution in [1.29, 1.82) is 0 Å². The Labute approximate surface area is 127 Å². The molecule has 0 fully saturated rings. The Morgan fingerprint density at radius 1 is 1.05 bits per heavy atom. The zero-order valence-corrected chi connectivity index (χ0v) is 11.9. The van der Waals surface area contributed by atoms with E-state index in [1.54, 1.807) is 43.3 Å². The molecule has 0 saturated carbocycles. The smallest absolute Gasteiger partial charge is 0.352 e. The second kappa shape index (κ2) is 6.58. The fourth-order valence-corrected chi connectivity index (χ4v) is 1.91. The van der Waals surface area contributed by atoms with Crippen molar-refractivity contribution in [3.05, 3.63) is 70.9 Å². The van der Waals surface area contributed by atoms with Crippen molar-refractivity contribution in [3.63, 3.8) is 0 Å². The van der Waals surface area contributed by atoms with Crippen molar-refractivity contribution in [1.82, 2.24) is 5.32 Å². The summed E-state index contributed by atoms with van der Waals surface area (Å²) in [5, 5.41) is 20.8. The SMILES string of the molecule is Cc1ccccc1C(=O)NC(=Cc1ccc(O)cc1)C(=O)O. The highest BCUT2D eigenvalue weighted by Crippen LogP contribution is 2.13. The molecule has 0 saturated heterocycles. The Kier molecular flexibility index (Phi) is 4.58. The first-order valence-electron chi connectivity index (χ1n) is 6.58. The lowest BCUT2D eigenvalue weighted by Gasteiger charge is -2.08. The molecule has 2 rings (SSSR count). The van der Waals surface area contributed by atoms with E-state index in [-0.39, 0.29) is 11.4 Å². The number of benzene rings is 2. The Balaban J connectivity index is 2.26. The number of aryl methyl sites for hydroxylation is 1. The first kappa shape index (κ1) is 15.3. The molecule has 0 radical (unpaired) electrons. The Morgan fingerprint density at radius 3 is 2.27 bits per heavy atom. The summed E-state index contributed by atoms with van der Waals surface area (Å²) >= 11 is 0. The van der Waals surface area contributed by atoms with E-state index >= 15 is 0 Å². The number of aliphatic carboxylic acids is 1. The molecule has 0 spiro atoms. The Bertz CT molecular complexity index is 733. The van der Waals surface area contributed by atoms with Gasteiger partial charge in [-0.15, -0.1) is 0 Å². The number of amides is 1. The zero-order chi connectivity index (χ0) is 16.1. The van der Waals surface area contributed by atoms with E-state index in [1.807, 2.05) is 0 Å². The normalized spacial score (nSPS) is 11.0. The van der Waals surface area contributed by atoms with Gasteiger partial charge in [0.25, 0.3) is 5.91 Å². The number of rotatable bonds is 4. The van der Waals surface area contributed by atoms with Gasteiger partial charge in [0.05, 0.1) is 0 Å². The van der Waals surface area contributed by atoms with Gasteiger partial charge in [0.1, 0.15) is 11.4 Å². The third-order valence-corrected chi connectivity index (χ3v) is 3.07. The predicted molar refractivity (Wildman–Crippen MR) is 82.4 cm³/mol. The first-order valence-corrected chi connectivity index (χ1v) is 6.58. The molecule has 0 aliphatic heterocycles. The molecule has 1 amide bonds. The number of hydrogen-bond acceptors (Lipinski definition) is 3. The highest BCUT2D eigenvalue weighted by atomic mass is 16.4. The second-order valence-corrected chi connectivity index (χ2v) is 4.72. The summed E-state index contributed by atoms with van der Waals surface area (Å²) in [6.07, 6.45) is 1.33. The molecular weight excluding hydrogens is 282 g/mol. The Hall–Kier alpha value is -3.08. The fraction of sp³-hybridized carbons (Fsp3) is 0.0588. The standard InChI is InChI=1S/C17H15NO4/c1-11-4-2-3-5-14(11)16(20)18-15(17(21)22)10-12-6-8-13(19)9-7-12/h2-10,19H,1H3,(H,18,20)(H,21,22). The minimum atomic E-state index is -1.24. The van der Waals surface area contributed by atoms with E-state index in [0.717, 1.165) is 5.56 Å². The summed E-state index contributed by atoms with van der Waals surface area (Å²) in [6, 6.07) is 12.9. The zero-order valence-electron chi connectivity index (χ0n) is 11.9. The van der Waals surface area contributed by atoms with Gasteiger partial charge in [-0.2, -0.15) is 0 Å². The number of carbonyl (C=O) groups is 2. The maximum atomic E-state index is 12.2. The molecule has 0 atom stereocenters. The third-order valence-electron chi connectivity index (χ3n) is 3.07. The molecule has 5 nitrogen and oxygen atoms in total. The molecule has 2 aromatic rings. The van der Waals surface area contributed by atoms with Gasteiger partial charge in [0.15, 0.2) is 0 Å². The van der Waals surface area contributed by atoms with Crippen LogP contribution in [0.4, 0.5) is 0 Å². The summed E-state index contributed by atoms with van der Waals surface area (Å²) in [6.45, 7) is 1.78. The van der Waals surface area contributed by atoms with Crippen LogP contribution in [0.1, 0.15) is 21.5 Å². The van der Waals surface area contributed by atoms with Crippen LogP contribution < -0.4 is 5.32 Å². The molecule has 22 heavy (non-hydrogen) atoms. The maximum absolute atomic E-state index is 12.2. The molecule has 3 N–H and O–H groups in total. The number of carbonyl (C=O) groups excluding carboxylic acids is 1. The predicted octanol–water partition coefficient (Wildman–Crippen LogP) is 2.56. The molecule has 2 aromatic carbocycles. The van der Waals surface area contributed by atoms with Gasteiger partial charge < -0.3 is 15.5 Å². The molecule has 0 heterocycles. The van der Waals surface area contributed by atoms with Crippen LogP contribution in [0.2, 0.25) is 0 Å². The van der Waals surface area contributed by atoms with E-state index in [2.05, 4.69) is 5.32 Å². The van der Waals surface area contributed by atoms with Crippen molar-refractivity contribution in [3.8, 4) is 5.75 Å². The van der Waals surface area contributed by atoms with E-state index in [4.69, 9.17) is 0 Å². The third kappa shape index (κ3) is 3.73. The van der Waals surface area contributed by atoms with E-state index in [1.165, 1.54) is 18.2 Å². The van der Waals surface area contributed by atoms with Crippen LogP contribution in [0.5, 0.6) is 5.75 Å². The summed E-state index contributed by atoms with van der Waals surface area (Å²) in [7, 11) is 0. The number of hydrogen-bond donors (Lipinski definition) is 3. The van der Waals surface area contributed by atoms with Crippen molar-refractivity contribution in [2.24, 2.45) is 0 Å². The summed E-state index contributed by atoms with van der Waals surface area (Å²) in [5.74, 6) is -1.64. The second-order valence-electron chi connectivity index (χ2n) is 4.72. The lowest BCUT2D eigenvalue weighted by Crippen LogP contribution is -2.27. The molecular formula is C17H15NO4. The van der Waals surface area contributed by atoms with Crippen LogP contribution in [-0.4, -0.2) is 22.1 Å². The highest BCUT2D eigenvalue weighted by molar-refractivity contribution is 6.03. The summed E-state index contributed by atoms with van der Waals surface area (Å²) in [4.78, 5) is 23.5. The van der Waals surface area contributed by atoms with Gasteiger partial charge in [-0.25, -0.2) is 4.79 Å². The minimum Gasteiger partial charge on any atom is -0.508 e. The van der Waals surface area contributed by atoms with Gasteiger partial charge in [-0.1, -0.05) is 30.3 Å². The molecule has 5 heteroatoms. The van der Waals surface area contributed by atoms with Gasteiger partial charge in [-0.05, 0) is 42.3 Å². The molecule has 0 bridgehead atoms. The average molecular weight is 297 g/mol. The largest absolute Gasteiger partial charge is 0.508 e. The maximum Gasteiger partial charge on any atom is 0.352 e. The quantitative estimate of drug-likeness (QED) is 0.757. The van der Waals surface area contributed by atoms with Crippen LogP contribution in [0.15, 0.2) is 54.2 Å². The van der Waals surface area contributed by atoms with Crippen LogP contribution in [0, 0.1) is 6.92 Å². The summed E-state index contributed by atoms with van der Waals surface area (Å²) in [5.41, 5.74) is 1.49. The monoisotopic (exact) mass is 297 g/mol. The van der Waals surface area contributed by atoms with E-state index in [0.29, 0.717) is 11.1 Å². The van der Waals surface area contributed by atoms with Crippen LogP contribution in [0.25, 0.3) is 6.08 Å². The average Bonchev–Trinajstić information content (AvgIpc) is 2.49. The lowest BCUT2D eigenvalue weighted by atomic mass is 10.1. The fourth-order valence-electron chi connectivity index (χ4n) is 1.91. The van der Waals surface area contributed by atoms with Gasteiger partial charge in [0.2, 0.25) is 0 Å². The number of phenolic OH excluding ortho intramolecular Hbond substituents is 1. The number of carboxylic acids is 1. The van der Waals surface area contributed by atoms with Crippen molar-refractivity contribution < 1.29 is 19.8 Å². The van der Waals surface area contributed by atoms with Crippen molar-refractivity contribution in [2.45, 2.75) is 6.92 Å². The number of phenols is 1. The van der Waals surface area contributed by atoms with E-state index in [9.17, 15) is 19.8 Å². The topological polar surface area (TPSA) is 86.6 Å². The molecule has 0 aliphatic rings. The van der Waals surface area contributed by atoms with Crippen molar-refractivity contribution in [2.75, 3.05) is 0 Å². The minimum absolute atomic E-state index is 0.0815. The molecule has 112 valence electrons. The Morgan fingerprint density at radius 2 is 1.68 bits per heavy atom. The van der Waals surface area contributed by atoms with Gasteiger partial charge >= 0.3 is 5.97 Å². The number of aromatic hydroxyl groups is 1. The summed E-state index contributed by atoms with van der Waals surface area (Å²) < 4.78 is 0. The molecule has 0 aromatic heterocycles. The van der Waals surface area contributed by atoms with Gasteiger partial charge in [-0.3, -0.25) is 4.79 Å². The lowest BCUT2D eigenvalue weighted by molar-refractivity contribution is -0.132. The number of nitrogens with one attached hydrogen (secondary N) is 1. The van der Waals surface area contributed by atoms with Crippen LogP contribution >= 0.6 is 0 Å². The van der Waals surface area contributed by atoms with Crippen LogP contribution in [-0.2, 0) is 4.79 Å².